The van der Waals surface area contributed by atoms with Crippen molar-refractivity contribution in [2.45, 2.75) is 58.2 Å². The summed E-state index contributed by atoms with van der Waals surface area (Å²) >= 11 is 0. The molecule has 26 heavy (non-hydrogen) atoms. The molecule has 1 aromatic heterocycles. The zero-order chi connectivity index (χ0) is 18.5. The summed E-state index contributed by atoms with van der Waals surface area (Å²) in [6.45, 7) is 7.26. The number of pyridine rings is 1. The molecular formula is C20H30N4O2. The van der Waals surface area contributed by atoms with E-state index in [1.165, 1.54) is 0 Å². The zero-order valence-corrected chi connectivity index (χ0v) is 15.9. The van der Waals surface area contributed by atoms with Gasteiger partial charge in [0.25, 0.3) is 0 Å². The molecule has 1 saturated carbocycles. The summed E-state index contributed by atoms with van der Waals surface area (Å²) in [4.78, 5) is 33.9. The largest absolute Gasteiger partial charge is 0.353 e. The maximum Gasteiger partial charge on any atom is 0.237 e. The van der Waals surface area contributed by atoms with E-state index in [4.69, 9.17) is 0 Å². The predicted octanol–water partition coefficient (Wildman–Crippen LogP) is 1.81. The molecule has 6 nitrogen and oxygen atoms in total. The minimum Gasteiger partial charge on any atom is -0.353 e. The lowest BCUT2D eigenvalue weighted by Gasteiger charge is -2.36. The van der Waals surface area contributed by atoms with Crippen molar-refractivity contribution in [1.29, 1.82) is 0 Å². The minimum absolute atomic E-state index is 0.0121. The molecule has 1 aromatic rings. The van der Waals surface area contributed by atoms with Crippen LogP contribution < -0.4 is 5.32 Å². The van der Waals surface area contributed by atoms with Gasteiger partial charge in [-0.3, -0.25) is 19.5 Å². The third-order valence-corrected chi connectivity index (χ3v) is 5.17. The van der Waals surface area contributed by atoms with Gasteiger partial charge in [0, 0.05) is 25.3 Å². The Kier molecular flexibility index (Phi) is 6.25. The second-order valence-electron chi connectivity index (χ2n) is 7.80. The van der Waals surface area contributed by atoms with E-state index in [2.05, 4.69) is 29.0 Å². The summed E-state index contributed by atoms with van der Waals surface area (Å²) in [5.41, 5.74) is 0.900. The first-order valence-corrected chi connectivity index (χ1v) is 9.75. The highest BCUT2D eigenvalue weighted by Gasteiger charge is 2.37. The minimum atomic E-state index is -0.347. The monoisotopic (exact) mass is 358 g/mol. The van der Waals surface area contributed by atoms with Crippen molar-refractivity contribution in [2.24, 2.45) is 5.92 Å². The van der Waals surface area contributed by atoms with Gasteiger partial charge in [0.1, 0.15) is 0 Å². The second-order valence-corrected chi connectivity index (χ2v) is 7.80. The Hall–Kier alpha value is -1.95. The first-order chi connectivity index (χ1) is 12.5. The first kappa shape index (κ1) is 18.8. The van der Waals surface area contributed by atoms with E-state index in [1.807, 2.05) is 23.1 Å². The third kappa shape index (κ3) is 5.04. The van der Waals surface area contributed by atoms with Crippen LogP contribution in [0, 0.1) is 5.92 Å². The van der Waals surface area contributed by atoms with Gasteiger partial charge in [-0.15, -0.1) is 0 Å². The number of nitrogens with one attached hydrogen (secondary N) is 1. The topological polar surface area (TPSA) is 65.5 Å². The number of nitrogens with zero attached hydrogens (tertiary/aromatic N) is 3. The molecule has 0 aromatic carbocycles. The van der Waals surface area contributed by atoms with Gasteiger partial charge in [0.15, 0.2) is 0 Å². The van der Waals surface area contributed by atoms with Crippen molar-refractivity contribution >= 4 is 11.8 Å². The molecule has 0 radical (unpaired) electrons. The van der Waals surface area contributed by atoms with Gasteiger partial charge in [0.2, 0.25) is 11.8 Å². The van der Waals surface area contributed by atoms with Crippen molar-refractivity contribution < 1.29 is 9.59 Å². The average Bonchev–Trinajstić information content (AvgIpc) is 3.46. The summed E-state index contributed by atoms with van der Waals surface area (Å²) < 4.78 is 0. The van der Waals surface area contributed by atoms with Crippen molar-refractivity contribution in [3.05, 3.63) is 30.1 Å². The highest BCUT2D eigenvalue weighted by Crippen LogP contribution is 2.29. The number of hydrogen-bond acceptors (Lipinski definition) is 4. The highest BCUT2D eigenvalue weighted by atomic mass is 16.2. The number of carbonyl (C=O) groups excluding carboxylic acids is 2. The standard InChI is InChI=1S/C20H30N4O2/c1-15(2)8-11-23-12-10-22-20(26)18(23)13-19(25)24(17-6-7-17)14-16-5-3-4-9-21-16/h3-5,9,15,17-18H,6-8,10-14H2,1-2H3,(H,22,26). The van der Waals surface area contributed by atoms with E-state index in [0.29, 0.717) is 25.0 Å². The Morgan fingerprint density at radius 1 is 1.38 bits per heavy atom. The van der Waals surface area contributed by atoms with E-state index < -0.39 is 0 Å². The fourth-order valence-corrected chi connectivity index (χ4v) is 3.43. The number of carbonyl (C=O) groups is 2. The van der Waals surface area contributed by atoms with Gasteiger partial charge in [-0.1, -0.05) is 19.9 Å². The Balaban J connectivity index is 1.65. The summed E-state index contributed by atoms with van der Waals surface area (Å²) in [5, 5.41) is 2.92. The molecule has 1 saturated heterocycles. The van der Waals surface area contributed by atoms with Crippen LogP contribution in [0.1, 0.15) is 45.2 Å². The van der Waals surface area contributed by atoms with Gasteiger partial charge in [-0.05, 0) is 43.9 Å². The summed E-state index contributed by atoms with van der Waals surface area (Å²) in [5.74, 6) is 0.639. The lowest BCUT2D eigenvalue weighted by molar-refractivity contribution is -0.139. The van der Waals surface area contributed by atoms with Crippen LogP contribution >= 0.6 is 0 Å². The van der Waals surface area contributed by atoms with Crippen LogP contribution in [0.4, 0.5) is 0 Å². The third-order valence-electron chi connectivity index (χ3n) is 5.17. The van der Waals surface area contributed by atoms with E-state index in [-0.39, 0.29) is 24.3 Å². The van der Waals surface area contributed by atoms with Crippen molar-refractivity contribution in [3.8, 4) is 0 Å². The molecule has 0 bridgehead atoms. The quantitative estimate of drug-likeness (QED) is 0.770. The maximum atomic E-state index is 13.0. The van der Waals surface area contributed by atoms with Gasteiger partial charge in [0.05, 0.1) is 24.7 Å². The van der Waals surface area contributed by atoms with Crippen LogP contribution in [0.25, 0.3) is 0 Å². The molecule has 1 N–H and O–H groups in total. The number of piperazine rings is 1. The van der Waals surface area contributed by atoms with Crippen LogP contribution in [0.2, 0.25) is 0 Å². The average molecular weight is 358 g/mol. The molecule has 1 atom stereocenters. The van der Waals surface area contributed by atoms with Gasteiger partial charge >= 0.3 is 0 Å². The molecule has 0 spiro atoms. The SMILES string of the molecule is CC(C)CCN1CCNC(=O)C1CC(=O)N(Cc1ccccn1)C1CC1. The molecule has 1 aliphatic carbocycles. The van der Waals surface area contributed by atoms with E-state index in [0.717, 1.165) is 38.0 Å². The molecule has 1 unspecified atom stereocenters. The van der Waals surface area contributed by atoms with Crippen molar-refractivity contribution in [2.75, 3.05) is 19.6 Å². The number of rotatable bonds is 8. The second kappa shape index (κ2) is 8.62. The van der Waals surface area contributed by atoms with Crippen LogP contribution in [-0.2, 0) is 16.1 Å². The van der Waals surface area contributed by atoms with Gasteiger partial charge < -0.3 is 10.2 Å². The molecule has 2 heterocycles. The summed E-state index contributed by atoms with van der Waals surface area (Å²) in [7, 11) is 0. The Labute approximate surface area is 156 Å². The van der Waals surface area contributed by atoms with Gasteiger partial charge in [-0.2, -0.15) is 0 Å². The molecule has 1 aliphatic heterocycles. The summed E-state index contributed by atoms with van der Waals surface area (Å²) in [6.07, 6.45) is 5.15. The summed E-state index contributed by atoms with van der Waals surface area (Å²) in [6, 6.07) is 5.73. The van der Waals surface area contributed by atoms with E-state index >= 15 is 0 Å². The lowest BCUT2D eigenvalue weighted by atomic mass is 10.0. The highest BCUT2D eigenvalue weighted by molar-refractivity contribution is 5.89. The normalized spacial score (nSPS) is 20.9. The lowest BCUT2D eigenvalue weighted by Crippen LogP contribution is -2.57. The zero-order valence-electron chi connectivity index (χ0n) is 15.9. The fourth-order valence-electron chi connectivity index (χ4n) is 3.43. The van der Waals surface area contributed by atoms with Crippen molar-refractivity contribution in [1.82, 2.24) is 20.1 Å². The van der Waals surface area contributed by atoms with E-state index in [9.17, 15) is 9.59 Å². The molecule has 6 heteroatoms. The van der Waals surface area contributed by atoms with E-state index in [1.54, 1.807) is 6.20 Å². The van der Waals surface area contributed by atoms with Crippen LogP contribution in [0.5, 0.6) is 0 Å². The van der Waals surface area contributed by atoms with Gasteiger partial charge in [-0.25, -0.2) is 0 Å². The smallest absolute Gasteiger partial charge is 0.237 e. The number of hydrogen-bond donors (Lipinski definition) is 1. The Morgan fingerprint density at radius 2 is 2.19 bits per heavy atom. The number of amides is 2. The molecule has 2 fully saturated rings. The fraction of sp³-hybridized carbons (Fsp3) is 0.650. The molecule has 142 valence electrons. The Morgan fingerprint density at radius 3 is 2.85 bits per heavy atom. The van der Waals surface area contributed by atoms with Crippen LogP contribution in [0.3, 0.4) is 0 Å². The molecule has 2 aliphatic rings. The predicted molar refractivity (Wildman–Crippen MR) is 100 cm³/mol. The van der Waals surface area contributed by atoms with Crippen molar-refractivity contribution in [3.63, 3.8) is 0 Å². The molecule has 3 rings (SSSR count). The Bertz CT molecular complexity index is 615. The molecule has 2 amide bonds. The maximum absolute atomic E-state index is 13.0. The van der Waals surface area contributed by atoms with Crippen LogP contribution in [0.15, 0.2) is 24.4 Å². The molecular weight excluding hydrogens is 328 g/mol. The number of aromatic nitrogens is 1. The van der Waals surface area contributed by atoms with Crippen LogP contribution in [-0.4, -0.2) is 58.3 Å². The first-order valence-electron chi connectivity index (χ1n) is 9.75.